The molecule has 0 atom stereocenters. The minimum Gasteiger partial charge on any atom is -0.309 e. The van der Waals surface area contributed by atoms with Gasteiger partial charge in [0.25, 0.3) is 0 Å². The molecule has 12 aliphatic carbocycles. The molecule has 8 bridgehead atoms. The first-order chi connectivity index (χ1) is 45.7. The quantitative estimate of drug-likeness (QED) is 0.139. The molecular formula is C88H46N4. The summed E-state index contributed by atoms with van der Waals surface area (Å²) >= 11 is 0. The smallest absolute Gasteiger partial charge is 0.193 e. The number of hydrogen-bond donors (Lipinski definition) is 0. The van der Waals surface area contributed by atoms with Crippen molar-refractivity contribution in [2.75, 3.05) is 0 Å². The molecule has 29 rings (SSSR count). The SMILES string of the molecule is [C-]#[N+]c1cc2c(c3c1C1c4ccccc4C3c3ccccc31)c1cc3c(c4c5cc6c(cc5n2c14)c1c2c(cc4c5c7c(c(C#N)cc5n6c41)C1c4ccccc4C7c4ccccc41)C1c4ccccc4C2c2ccccc21)C1c2ccccc2C3c2ccccc21. The highest BCUT2D eigenvalue weighted by molar-refractivity contribution is 6.32. The molecule has 0 saturated carbocycles. The fraction of sp³-hybridized carbons (Fsp3) is 0.0909. The third kappa shape index (κ3) is 4.82. The standard InChI is InChI=1S/C88H46N4/c1-90-64-39-68-79(86-77-56-32-16-12-28-52(56)75(84(64)86)53-29-13-17-33-57(53)77)63-36-61-71-44-20-4-8-24-48(44)74(49-25-9-5-21-45(49)71)81(61)83-59-37-65-58(38-66(59)92(68)88(63)83)82-80-60(70-42-18-2-6-22-46(42)73(80)47-23-7-3-19-43(47)70)35-62-78-67(91(65)87(62)82)34-41(40-89)69-72-50-26-10-14-30-54(50)76(85(69)78)55-31-15-11-27-51(55)72/h2-39,70-77H. The fourth-order valence-electron chi connectivity index (χ4n) is 21.9. The molecule has 12 aliphatic rings. The summed E-state index contributed by atoms with van der Waals surface area (Å²) in [6.07, 6.45) is 0. The van der Waals surface area contributed by atoms with Crippen molar-refractivity contribution in [3.8, 4) is 6.07 Å². The second kappa shape index (κ2) is 15.4. The molecular weight excluding hydrogens is 1110 g/mol. The Morgan fingerprint density at radius 3 is 0.880 bits per heavy atom. The average Bonchev–Trinajstić information content (AvgIpc) is 1.42. The molecule has 0 spiro atoms. The second-order valence-electron chi connectivity index (χ2n) is 27.8. The molecule has 0 unspecified atom stereocenters. The van der Waals surface area contributed by atoms with Crippen LogP contribution in [0.4, 0.5) is 5.69 Å². The van der Waals surface area contributed by atoms with Crippen molar-refractivity contribution in [1.82, 2.24) is 8.80 Å². The van der Waals surface area contributed by atoms with E-state index >= 15 is 0 Å². The highest BCUT2D eigenvalue weighted by atomic mass is 14.9. The third-order valence-electron chi connectivity index (χ3n) is 24.6. The van der Waals surface area contributed by atoms with E-state index in [0.717, 1.165) is 22.3 Å². The number of benzene rings is 13. The summed E-state index contributed by atoms with van der Waals surface area (Å²) in [6, 6.07) is 91.6. The van der Waals surface area contributed by atoms with Gasteiger partial charge in [-0.2, -0.15) is 5.26 Å². The van der Waals surface area contributed by atoms with E-state index in [4.69, 9.17) is 0 Å². The van der Waals surface area contributed by atoms with Gasteiger partial charge in [-0.1, -0.05) is 194 Å². The van der Waals surface area contributed by atoms with Crippen LogP contribution in [0, 0.1) is 17.9 Å². The van der Waals surface area contributed by atoms with E-state index in [2.05, 4.69) is 250 Å². The maximum absolute atomic E-state index is 11.8. The first-order valence-electron chi connectivity index (χ1n) is 32.8. The number of fused-ring (bicyclic) bond motifs is 12. The Balaban J connectivity index is 0.900. The maximum atomic E-state index is 11.8. The van der Waals surface area contributed by atoms with Gasteiger partial charge >= 0.3 is 0 Å². The first-order valence-corrected chi connectivity index (χ1v) is 32.8. The van der Waals surface area contributed by atoms with E-state index < -0.39 is 0 Å². The predicted octanol–water partition coefficient (Wildman–Crippen LogP) is 20.4. The summed E-state index contributed by atoms with van der Waals surface area (Å²) in [5, 5.41) is 22.0. The summed E-state index contributed by atoms with van der Waals surface area (Å²) in [4.78, 5) is 4.62. The molecule has 4 heterocycles. The van der Waals surface area contributed by atoms with Crippen LogP contribution in [-0.2, 0) is 0 Å². The average molecular weight is 1160 g/mol. The van der Waals surface area contributed by atoms with Crippen molar-refractivity contribution >= 4 is 81.9 Å². The molecule has 0 aliphatic heterocycles. The number of nitrogens with zero attached hydrogens (tertiary/aromatic N) is 4. The Morgan fingerprint density at radius 1 is 0.272 bits per heavy atom. The number of nitriles is 1. The van der Waals surface area contributed by atoms with E-state index in [1.165, 1.54) is 199 Å². The van der Waals surface area contributed by atoms with Gasteiger partial charge in [-0.3, -0.25) is 0 Å². The maximum Gasteiger partial charge on any atom is 0.193 e. The summed E-state index contributed by atoms with van der Waals surface area (Å²) in [5.74, 6) is -0.0650. The number of rotatable bonds is 0. The molecule has 4 heteroatoms. The lowest BCUT2D eigenvalue weighted by Gasteiger charge is -2.43. The number of aromatic nitrogens is 2. The molecule has 0 N–H and O–H groups in total. The van der Waals surface area contributed by atoms with Crippen LogP contribution >= 0.6 is 0 Å². The van der Waals surface area contributed by atoms with Gasteiger partial charge in [0.2, 0.25) is 0 Å². The van der Waals surface area contributed by atoms with Gasteiger partial charge in [-0.25, -0.2) is 4.85 Å². The summed E-state index contributed by atoms with van der Waals surface area (Å²) in [7, 11) is 0. The van der Waals surface area contributed by atoms with Crippen molar-refractivity contribution in [3.63, 3.8) is 0 Å². The first kappa shape index (κ1) is 46.5. The van der Waals surface area contributed by atoms with Gasteiger partial charge in [-0.15, -0.1) is 0 Å². The molecule has 418 valence electrons. The van der Waals surface area contributed by atoms with Crippen LogP contribution in [0.5, 0.6) is 0 Å². The molecule has 0 fully saturated rings. The summed E-state index contributed by atoms with van der Waals surface area (Å²) in [5.41, 5.74) is 41.1. The topological polar surface area (TPSA) is 37.0 Å². The van der Waals surface area contributed by atoms with Crippen molar-refractivity contribution < 1.29 is 0 Å². The normalized spacial score (nSPS) is 21.0. The van der Waals surface area contributed by atoms with Gasteiger partial charge in [0.05, 0.1) is 45.8 Å². The third-order valence-corrected chi connectivity index (χ3v) is 24.6. The summed E-state index contributed by atoms with van der Waals surface area (Å²) < 4.78 is 5.29. The molecule has 4 aromatic heterocycles. The Labute approximate surface area is 527 Å². The van der Waals surface area contributed by atoms with Crippen LogP contribution < -0.4 is 0 Å². The van der Waals surface area contributed by atoms with Crippen LogP contribution in [0.2, 0.25) is 0 Å². The van der Waals surface area contributed by atoms with Crippen molar-refractivity contribution in [1.29, 1.82) is 5.26 Å². The van der Waals surface area contributed by atoms with Crippen LogP contribution in [0.3, 0.4) is 0 Å². The Kier molecular flexibility index (Phi) is 7.77. The van der Waals surface area contributed by atoms with Crippen molar-refractivity contribution in [3.05, 3.63) is 381 Å². The lowest BCUT2D eigenvalue weighted by molar-refractivity contribution is 0.758. The molecule has 0 radical (unpaired) electrons. The Morgan fingerprint density at radius 2 is 0.554 bits per heavy atom. The predicted molar refractivity (Wildman–Crippen MR) is 366 cm³/mol. The highest BCUT2D eigenvalue weighted by Crippen LogP contribution is 2.67. The van der Waals surface area contributed by atoms with Gasteiger partial charge in [0.1, 0.15) is 0 Å². The largest absolute Gasteiger partial charge is 0.309 e. The molecule has 13 aromatic carbocycles. The van der Waals surface area contributed by atoms with E-state index in [0.29, 0.717) is 0 Å². The van der Waals surface area contributed by atoms with Crippen molar-refractivity contribution in [2.45, 2.75) is 47.3 Å². The van der Waals surface area contributed by atoms with E-state index in [1.807, 2.05) is 0 Å². The molecule has 0 saturated heterocycles. The minimum absolute atomic E-state index is 0.0127. The lowest BCUT2D eigenvalue weighted by atomic mass is 9.59. The van der Waals surface area contributed by atoms with Crippen LogP contribution in [0.1, 0.15) is 186 Å². The van der Waals surface area contributed by atoms with E-state index in [1.54, 1.807) is 0 Å². The van der Waals surface area contributed by atoms with Crippen LogP contribution in [-0.4, -0.2) is 8.80 Å². The zero-order chi connectivity index (χ0) is 59.2. The van der Waals surface area contributed by atoms with Gasteiger partial charge in [-0.05, 0) is 170 Å². The van der Waals surface area contributed by atoms with Crippen LogP contribution in [0.15, 0.2) is 231 Å². The minimum atomic E-state index is -0.0549. The lowest BCUT2D eigenvalue weighted by Crippen LogP contribution is -2.28. The Bertz CT molecular complexity index is 6020. The number of hydrogen-bond acceptors (Lipinski definition) is 1. The summed E-state index contributed by atoms with van der Waals surface area (Å²) in [6.45, 7) is 9.27. The van der Waals surface area contributed by atoms with E-state index in [-0.39, 0.29) is 47.3 Å². The van der Waals surface area contributed by atoms with Crippen LogP contribution in [0.25, 0.3) is 81.0 Å². The monoisotopic (exact) mass is 1160 g/mol. The highest BCUT2D eigenvalue weighted by Gasteiger charge is 2.50. The second-order valence-corrected chi connectivity index (χ2v) is 27.8. The molecule has 0 amide bonds. The van der Waals surface area contributed by atoms with Gasteiger partial charge in [0.15, 0.2) is 5.69 Å². The van der Waals surface area contributed by atoms with Gasteiger partial charge in [0, 0.05) is 95.9 Å². The molecule has 92 heavy (non-hydrogen) atoms. The zero-order valence-electron chi connectivity index (χ0n) is 49.3. The van der Waals surface area contributed by atoms with Gasteiger partial charge < -0.3 is 8.80 Å². The van der Waals surface area contributed by atoms with E-state index in [9.17, 15) is 11.8 Å². The Hall–Kier alpha value is -11.6. The van der Waals surface area contributed by atoms with Crippen molar-refractivity contribution in [2.24, 2.45) is 0 Å². The zero-order valence-corrected chi connectivity index (χ0v) is 49.3. The molecule has 4 nitrogen and oxygen atoms in total. The molecule has 17 aromatic rings. The fourth-order valence-corrected chi connectivity index (χ4v) is 21.9.